The van der Waals surface area contributed by atoms with Crippen molar-refractivity contribution in [2.45, 2.75) is 0 Å². The van der Waals surface area contributed by atoms with Crippen LogP contribution < -0.4 is 5.32 Å². The van der Waals surface area contributed by atoms with Crippen molar-refractivity contribution in [1.82, 2.24) is 0 Å². The van der Waals surface area contributed by atoms with Gasteiger partial charge in [-0.15, -0.1) is 0 Å². The summed E-state index contributed by atoms with van der Waals surface area (Å²) in [4.78, 5) is 0. The molecule has 1 nitrogen and oxygen atoms in total. The van der Waals surface area contributed by atoms with E-state index < -0.39 is 0 Å². The molecule has 0 aromatic heterocycles. The van der Waals surface area contributed by atoms with Gasteiger partial charge in [0.2, 0.25) is 0 Å². The first-order valence-corrected chi connectivity index (χ1v) is 5.07. The predicted molar refractivity (Wildman–Crippen MR) is 64.5 cm³/mol. The number of hydrogen-bond acceptors (Lipinski definition) is 1. The molecule has 0 saturated carbocycles. The van der Waals surface area contributed by atoms with E-state index in [1.807, 2.05) is 12.3 Å². The second-order valence-corrected chi connectivity index (χ2v) is 3.61. The lowest BCUT2D eigenvalue weighted by molar-refractivity contribution is 1.58. The Hall–Kier alpha value is -2.02. The molecule has 0 aliphatic carbocycles. The van der Waals surface area contributed by atoms with Crippen molar-refractivity contribution < 1.29 is 0 Å². The monoisotopic (exact) mass is 193 g/mol. The molecule has 1 heteroatoms. The van der Waals surface area contributed by atoms with Gasteiger partial charge in [0.1, 0.15) is 0 Å². The minimum atomic E-state index is 1.17. The molecular formula is C14H11N. The maximum absolute atomic E-state index is 3.29. The fraction of sp³-hybridized carbons (Fsp3) is 0. The zero-order valence-corrected chi connectivity index (χ0v) is 8.27. The Morgan fingerprint density at radius 1 is 0.733 bits per heavy atom. The molecule has 1 heterocycles. The largest absolute Gasteiger partial charge is 0.361 e. The van der Waals surface area contributed by atoms with E-state index in [0.29, 0.717) is 0 Å². The van der Waals surface area contributed by atoms with Crippen LogP contribution in [0.1, 0.15) is 5.56 Å². The highest BCUT2D eigenvalue weighted by atomic mass is 14.8. The van der Waals surface area contributed by atoms with Crippen molar-refractivity contribution in [3.8, 4) is 11.1 Å². The molecular weight excluding hydrogens is 182 g/mol. The minimum absolute atomic E-state index is 1.17. The predicted octanol–water partition coefficient (Wildman–Crippen LogP) is 3.75. The van der Waals surface area contributed by atoms with Crippen LogP contribution in [0.15, 0.2) is 54.7 Å². The van der Waals surface area contributed by atoms with Gasteiger partial charge in [0, 0.05) is 17.5 Å². The van der Waals surface area contributed by atoms with Gasteiger partial charge in [0.25, 0.3) is 0 Å². The molecule has 0 amide bonds. The van der Waals surface area contributed by atoms with E-state index >= 15 is 0 Å². The Labute approximate surface area is 89.1 Å². The van der Waals surface area contributed by atoms with E-state index in [9.17, 15) is 0 Å². The van der Waals surface area contributed by atoms with Crippen LogP contribution in [0.4, 0.5) is 5.69 Å². The van der Waals surface area contributed by atoms with Crippen molar-refractivity contribution >= 4 is 11.8 Å². The molecule has 0 atom stereocenters. The number of fused-ring (bicyclic) bond motifs is 3. The molecule has 0 fully saturated rings. The number of nitrogens with one attached hydrogen (secondary N) is 1. The third-order valence-corrected chi connectivity index (χ3v) is 2.68. The normalized spacial score (nSPS) is 12.3. The molecule has 0 saturated heterocycles. The lowest BCUT2D eigenvalue weighted by Gasteiger charge is -2.08. The molecule has 3 rings (SSSR count). The lowest BCUT2D eigenvalue weighted by atomic mass is 9.99. The first-order valence-electron chi connectivity index (χ1n) is 5.07. The summed E-state index contributed by atoms with van der Waals surface area (Å²) in [5.74, 6) is 0. The molecule has 2 aromatic rings. The van der Waals surface area contributed by atoms with Crippen LogP contribution in [0.3, 0.4) is 0 Å². The fourth-order valence-corrected chi connectivity index (χ4v) is 1.95. The highest BCUT2D eigenvalue weighted by molar-refractivity contribution is 5.86. The van der Waals surface area contributed by atoms with Crippen molar-refractivity contribution in [2.75, 3.05) is 5.32 Å². The fourth-order valence-electron chi connectivity index (χ4n) is 1.95. The van der Waals surface area contributed by atoms with Crippen LogP contribution in [0.2, 0.25) is 0 Å². The first-order chi connectivity index (χ1) is 7.45. The van der Waals surface area contributed by atoms with Gasteiger partial charge in [-0.2, -0.15) is 0 Å². The Morgan fingerprint density at radius 2 is 1.47 bits per heavy atom. The van der Waals surface area contributed by atoms with E-state index in [1.165, 1.54) is 22.4 Å². The minimum Gasteiger partial charge on any atom is -0.361 e. The average Bonchev–Trinajstić information content (AvgIpc) is 2.48. The smallest absolute Gasteiger partial charge is 0.0459 e. The highest BCUT2D eigenvalue weighted by Crippen LogP contribution is 2.33. The number of rotatable bonds is 0. The van der Waals surface area contributed by atoms with E-state index in [-0.39, 0.29) is 0 Å². The van der Waals surface area contributed by atoms with Crippen LogP contribution >= 0.6 is 0 Å². The summed E-state index contributed by atoms with van der Waals surface area (Å²) in [5.41, 5.74) is 4.97. The van der Waals surface area contributed by atoms with Gasteiger partial charge in [-0.25, -0.2) is 0 Å². The Morgan fingerprint density at radius 3 is 2.40 bits per heavy atom. The van der Waals surface area contributed by atoms with Gasteiger partial charge in [-0.3, -0.25) is 0 Å². The van der Waals surface area contributed by atoms with Gasteiger partial charge in [-0.05, 0) is 23.3 Å². The topological polar surface area (TPSA) is 12.0 Å². The first kappa shape index (κ1) is 8.30. The summed E-state index contributed by atoms with van der Waals surface area (Å²) < 4.78 is 0. The molecule has 0 spiro atoms. The zero-order valence-electron chi connectivity index (χ0n) is 8.27. The Balaban J connectivity index is 2.33. The van der Waals surface area contributed by atoms with Crippen LogP contribution in [0, 0.1) is 0 Å². The molecule has 0 bridgehead atoms. The quantitative estimate of drug-likeness (QED) is 0.672. The molecule has 1 N–H and O–H groups in total. The van der Waals surface area contributed by atoms with Gasteiger partial charge in [0.15, 0.2) is 0 Å². The maximum atomic E-state index is 3.29. The number of para-hydroxylation sites is 1. The summed E-state index contributed by atoms with van der Waals surface area (Å²) in [6.07, 6.45) is 4.10. The molecule has 1 aliphatic heterocycles. The summed E-state index contributed by atoms with van der Waals surface area (Å²) in [6, 6.07) is 16.8. The van der Waals surface area contributed by atoms with Gasteiger partial charge in [-0.1, -0.05) is 42.5 Å². The zero-order chi connectivity index (χ0) is 10.1. The molecule has 0 radical (unpaired) electrons. The number of anilines is 1. The Kier molecular flexibility index (Phi) is 1.82. The summed E-state index contributed by atoms with van der Waals surface area (Å²) in [6.45, 7) is 0. The van der Waals surface area contributed by atoms with Crippen molar-refractivity contribution in [1.29, 1.82) is 0 Å². The van der Waals surface area contributed by atoms with Crippen LogP contribution in [-0.2, 0) is 0 Å². The Bertz CT molecular complexity index is 526. The third-order valence-electron chi connectivity index (χ3n) is 2.68. The van der Waals surface area contributed by atoms with E-state index in [4.69, 9.17) is 0 Å². The van der Waals surface area contributed by atoms with Crippen LogP contribution in [0.25, 0.3) is 17.2 Å². The summed E-state index contributed by atoms with van der Waals surface area (Å²) in [7, 11) is 0. The van der Waals surface area contributed by atoms with Gasteiger partial charge in [0.05, 0.1) is 0 Å². The molecule has 15 heavy (non-hydrogen) atoms. The SMILES string of the molecule is C1=Cc2ccccc2-c2ccccc2N1. The second kappa shape index (κ2) is 3.28. The van der Waals surface area contributed by atoms with Gasteiger partial charge < -0.3 is 5.32 Å². The molecule has 1 aliphatic rings. The van der Waals surface area contributed by atoms with Crippen molar-refractivity contribution in [3.63, 3.8) is 0 Å². The van der Waals surface area contributed by atoms with Crippen LogP contribution in [-0.4, -0.2) is 0 Å². The lowest BCUT2D eigenvalue weighted by Crippen LogP contribution is -1.87. The van der Waals surface area contributed by atoms with E-state index in [2.05, 4.69) is 53.9 Å². The van der Waals surface area contributed by atoms with E-state index in [1.54, 1.807) is 0 Å². The van der Waals surface area contributed by atoms with E-state index in [0.717, 1.165) is 0 Å². The van der Waals surface area contributed by atoms with Crippen LogP contribution in [0.5, 0.6) is 0 Å². The molecule has 2 aromatic carbocycles. The number of hydrogen-bond donors (Lipinski definition) is 1. The maximum Gasteiger partial charge on any atom is 0.0459 e. The second-order valence-electron chi connectivity index (χ2n) is 3.61. The summed E-state index contributed by atoms with van der Waals surface area (Å²) in [5, 5.41) is 3.29. The van der Waals surface area contributed by atoms with Crippen molar-refractivity contribution in [2.24, 2.45) is 0 Å². The number of benzene rings is 2. The summed E-state index contributed by atoms with van der Waals surface area (Å²) >= 11 is 0. The third kappa shape index (κ3) is 1.33. The van der Waals surface area contributed by atoms with Gasteiger partial charge >= 0.3 is 0 Å². The molecule has 72 valence electrons. The highest BCUT2D eigenvalue weighted by Gasteiger charge is 2.08. The average molecular weight is 193 g/mol. The molecule has 0 unspecified atom stereocenters. The standard InChI is InChI=1S/C14H11N/c1-2-6-12-11(5-1)9-10-15-14-8-4-3-7-13(12)14/h1-10,15H. The van der Waals surface area contributed by atoms with Crippen molar-refractivity contribution in [3.05, 3.63) is 60.3 Å².